The lowest BCUT2D eigenvalue weighted by Gasteiger charge is -1.96. The van der Waals surface area contributed by atoms with Crippen molar-refractivity contribution < 1.29 is 4.84 Å². The van der Waals surface area contributed by atoms with Gasteiger partial charge in [-0.05, 0) is 13.6 Å². The maximum atomic E-state index is 5.04. The van der Waals surface area contributed by atoms with Gasteiger partial charge in [0.05, 0.1) is 0 Å². The number of thioether (sulfide) groups is 1. The van der Waals surface area contributed by atoms with Crippen molar-refractivity contribution in [2.75, 3.05) is 12.4 Å². The standard InChI is InChI=1S/C6H12NOPS2/c1-5-8-7-6(11-5)3-4-10-9-2/h5,9H,3-4H2,1-2H3. The van der Waals surface area contributed by atoms with Crippen molar-refractivity contribution in [3.63, 3.8) is 0 Å². The molecule has 1 aliphatic heterocycles. The van der Waals surface area contributed by atoms with E-state index in [2.05, 4.69) is 11.8 Å². The Kier molecular flexibility index (Phi) is 4.65. The molecule has 0 aromatic carbocycles. The first-order valence-electron chi connectivity index (χ1n) is 3.51. The fourth-order valence-electron chi connectivity index (χ4n) is 0.713. The summed E-state index contributed by atoms with van der Waals surface area (Å²) in [6.45, 7) is 4.23. The Morgan fingerprint density at radius 3 is 3.18 bits per heavy atom. The summed E-state index contributed by atoms with van der Waals surface area (Å²) in [4.78, 5) is 5.04. The van der Waals surface area contributed by atoms with Gasteiger partial charge in [-0.3, -0.25) is 0 Å². The van der Waals surface area contributed by atoms with Gasteiger partial charge in [0.2, 0.25) is 0 Å². The zero-order chi connectivity index (χ0) is 8.10. The Hall–Kier alpha value is 0.600. The molecule has 5 heteroatoms. The second-order valence-electron chi connectivity index (χ2n) is 2.08. The van der Waals surface area contributed by atoms with Crippen molar-refractivity contribution in [1.29, 1.82) is 0 Å². The van der Waals surface area contributed by atoms with E-state index in [0.29, 0.717) is 0 Å². The summed E-state index contributed by atoms with van der Waals surface area (Å²) in [6, 6.07) is 0. The smallest absolute Gasteiger partial charge is 0.175 e. The first-order chi connectivity index (χ1) is 5.33. The van der Waals surface area contributed by atoms with Gasteiger partial charge in [0.25, 0.3) is 0 Å². The Bertz CT molecular complexity index is 154. The summed E-state index contributed by atoms with van der Waals surface area (Å²) in [7, 11) is 0.986. The van der Waals surface area contributed by atoms with E-state index >= 15 is 0 Å². The third-order valence-electron chi connectivity index (χ3n) is 1.17. The normalized spacial score (nSPS) is 24.2. The van der Waals surface area contributed by atoms with Gasteiger partial charge in [0.1, 0.15) is 5.04 Å². The van der Waals surface area contributed by atoms with Gasteiger partial charge < -0.3 is 4.84 Å². The van der Waals surface area contributed by atoms with Crippen LogP contribution in [0.2, 0.25) is 0 Å². The van der Waals surface area contributed by atoms with Crippen LogP contribution >= 0.6 is 30.9 Å². The van der Waals surface area contributed by atoms with Crippen LogP contribution in [0.15, 0.2) is 5.16 Å². The second-order valence-corrected chi connectivity index (χ2v) is 6.65. The van der Waals surface area contributed by atoms with Crippen LogP contribution in [0.1, 0.15) is 13.3 Å². The van der Waals surface area contributed by atoms with E-state index in [1.54, 1.807) is 11.8 Å². The Balaban J connectivity index is 2.08. The van der Waals surface area contributed by atoms with Crippen LogP contribution in [0.25, 0.3) is 0 Å². The van der Waals surface area contributed by atoms with Gasteiger partial charge in [0, 0.05) is 12.2 Å². The van der Waals surface area contributed by atoms with Crippen molar-refractivity contribution in [1.82, 2.24) is 0 Å². The topological polar surface area (TPSA) is 21.6 Å². The van der Waals surface area contributed by atoms with Crippen molar-refractivity contribution in [2.24, 2.45) is 5.16 Å². The highest BCUT2D eigenvalue weighted by atomic mass is 32.7. The molecule has 0 fully saturated rings. The highest BCUT2D eigenvalue weighted by molar-refractivity contribution is 8.49. The fourth-order valence-corrected chi connectivity index (χ4v) is 3.04. The van der Waals surface area contributed by atoms with Crippen LogP contribution in [0.4, 0.5) is 0 Å². The molecule has 64 valence electrons. The molecule has 0 bridgehead atoms. The molecule has 0 saturated carbocycles. The summed E-state index contributed by atoms with van der Waals surface area (Å²) >= 11 is 3.71. The minimum atomic E-state index is 0.235. The van der Waals surface area contributed by atoms with E-state index < -0.39 is 0 Å². The van der Waals surface area contributed by atoms with Crippen LogP contribution in [-0.4, -0.2) is 22.9 Å². The lowest BCUT2D eigenvalue weighted by atomic mass is 10.5. The molecule has 2 atom stereocenters. The van der Waals surface area contributed by atoms with Gasteiger partial charge in [-0.1, -0.05) is 24.7 Å². The lowest BCUT2D eigenvalue weighted by molar-refractivity contribution is 0.141. The zero-order valence-electron chi connectivity index (χ0n) is 6.66. The minimum Gasteiger partial charge on any atom is -0.381 e. The van der Waals surface area contributed by atoms with E-state index in [1.807, 2.05) is 18.3 Å². The molecule has 11 heavy (non-hydrogen) atoms. The number of oxime groups is 1. The summed E-state index contributed by atoms with van der Waals surface area (Å²) < 4.78 is 0. The summed E-state index contributed by atoms with van der Waals surface area (Å²) in [5.41, 5.74) is 0.235. The molecule has 0 aliphatic carbocycles. The summed E-state index contributed by atoms with van der Waals surface area (Å²) in [5.74, 6) is 1.18. The van der Waals surface area contributed by atoms with Crippen LogP contribution in [0.5, 0.6) is 0 Å². The molecule has 0 amide bonds. The van der Waals surface area contributed by atoms with Gasteiger partial charge in [0.15, 0.2) is 5.44 Å². The molecule has 2 unspecified atom stereocenters. The number of rotatable bonds is 4. The van der Waals surface area contributed by atoms with Crippen molar-refractivity contribution in [3.05, 3.63) is 0 Å². The molecule has 0 radical (unpaired) electrons. The molecule has 1 aliphatic rings. The quantitative estimate of drug-likeness (QED) is 0.525. The third-order valence-corrected chi connectivity index (χ3v) is 4.31. The molecule has 1 rings (SSSR count). The third kappa shape index (κ3) is 3.68. The predicted octanol–water partition coefficient (Wildman–Crippen LogP) is 2.76. The molecule has 0 aromatic heterocycles. The Morgan fingerprint density at radius 2 is 2.64 bits per heavy atom. The van der Waals surface area contributed by atoms with Crippen LogP contribution in [-0.2, 0) is 4.84 Å². The van der Waals surface area contributed by atoms with E-state index in [9.17, 15) is 0 Å². The fraction of sp³-hybridized carbons (Fsp3) is 0.833. The Labute approximate surface area is 77.4 Å². The van der Waals surface area contributed by atoms with Crippen LogP contribution in [0, 0.1) is 0 Å². The first-order valence-corrected chi connectivity index (χ1v) is 7.60. The monoisotopic (exact) mass is 209 g/mol. The predicted molar refractivity (Wildman–Crippen MR) is 56.9 cm³/mol. The molecular formula is C6H12NOPS2. The zero-order valence-corrected chi connectivity index (χ0v) is 9.30. The average Bonchev–Trinajstić information content (AvgIpc) is 2.37. The van der Waals surface area contributed by atoms with Crippen molar-refractivity contribution in [2.45, 2.75) is 18.8 Å². The van der Waals surface area contributed by atoms with E-state index in [-0.39, 0.29) is 5.44 Å². The average molecular weight is 209 g/mol. The lowest BCUT2D eigenvalue weighted by Crippen LogP contribution is -1.93. The summed E-state index contributed by atoms with van der Waals surface area (Å²) in [5, 5.41) is 5.11. The molecule has 0 N–H and O–H groups in total. The molecule has 2 nitrogen and oxygen atoms in total. The number of hydrogen-bond donors (Lipinski definition) is 0. The maximum Gasteiger partial charge on any atom is 0.175 e. The maximum absolute atomic E-state index is 5.04. The summed E-state index contributed by atoms with van der Waals surface area (Å²) in [6.07, 6.45) is 1.07. The van der Waals surface area contributed by atoms with Crippen LogP contribution < -0.4 is 0 Å². The highest BCUT2D eigenvalue weighted by Gasteiger charge is 2.15. The van der Waals surface area contributed by atoms with Gasteiger partial charge in [-0.2, -0.15) is 0 Å². The van der Waals surface area contributed by atoms with E-state index in [4.69, 9.17) is 4.84 Å². The highest BCUT2D eigenvalue weighted by Crippen LogP contribution is 2.29. The Morgan fingerprint density at radius 1 is 1.82 bits per heavy atom. The molecule has 0 saturated heterocycles. The molecule has 0 aromatic rings. The number of hydrogen-bond acceptors (Lipinski definition) is 4. The van der Waals surface area contributed by atoms with Gasteiger partial charge in [-0.25, -0.2) is 0 Å². The van der Waals surface area contributed by atoms with E-state index in [1.165, 1.54) is 5.75 Å². The van der Waals surface area contributed by atoms with Gasteiger partial charge in [-0.15, -0.1) is 11.4 Å². The second kappa shape index (κ2) is 5.28. The van der Waals surface area contributed by atoms with Crippen molar-refractivity contribution >= 4 is 36.0 Å². The molecule has 1 heterocycles. The van der Waals surface area contributed by atoms with E-state index in [0.717, 1.165) is 19.2 Å². The van der Waals surface area contributed by atoms with Crippen LogP contribution in [0.3, 0.4) is 0 Å². The molecular weight excluding hydrogens is 197 g/mol. The minimum absolute atomic E-state index is 0.235. The van der Waals surface area contributed by atoms with Crippen molar-refractivity contribution in [3.8, 4) is 0 Å². The van der Waals surface area contributed by atoms with Gasteiger partial charge >= 0.3 is 0 Å². The largest absolute Gasteiger partial charge is 0.381 e. The molecule has 0 spiro atoms. The first kappa shape index (κ1) is 9.69. The SMILES string of the molecule is CPSCCC1=NOC(C)S1. The number of nitrogens with zero attached hydrogens (tertiary/aromatic N) is 1.